The Morgan fingerprint density at radius 1 is 1.50 bits per heavy atom. The van der Waals surface area contributed by atoms with Gasteiger partial charge in [-0.25, -0.2) is 4.98 Å². The molecular weight excluding hydrogens is 248 g/mol. The van der Waals surface area contributed by atoms with E-state index in [9.17, 15) is 0 Å². The Bertz CT molecular complexity index is 501. The van der Waals surface area contributed by atoms with Crippen LogP contribution < -0.4 is 15.8 Å². The van der Waals surface area contributed by atoms with Crippen LogP contribution in [-0.4, -0.2) is 16.6 Å². The molecular formula is C12H16N4OS. The third kappa shape index (κ3) is 2.70. The Balaban J connectivity index is 2.16. The highest BCUT2D eigenvalue weighted by atomic mass is 32.1. The van der Waals surface area contributed by atoms with E-state index in [0.29, 0.717) is 24.0 Å². The van der Waals surface area contributed by atoms with Gasteiger partial charge in [-0.3, -0.25) is 0 Å². The maximum absolute atomic E-state index is 5.96. The van der Waals surface area contributed by atoms with Crippen molar-refractivity contribution >= 4 is 22.8 Å². The lowest BCUT2D eigenvalue weighted by Crippen LogP contribution is -2.11. The summed E-state index contributed by atoms with van der Waals surface area (Å²) in [6.07, 6.45) is 1.45. The van der Waals surface area contributed by atoms with E-state index in [0.717, 1.165) is 0 Å². The van der Waals surface area contributed by atoms with E-state index in [4.69, 9.17) is 10.5 Å². The third-order valence-electron chi connectivity index (χ3n) is 2.52. The number of nitrogens with one attached hydrogen (secondary N) is 1. The second-order valence-corrected chi connectivity index (χ2v) is 4.58. The summed E-state index contributed by atoms with van der Waals surface area (Å²) in [6.45, 7) is 4.48. The lowest BCUT2D eigenvalue weighted by Gasteiger charge is -2.15. The monoisotopic (exact) mass is 264 g/mol. The molecule has 0 radical (unpaired) electrons. The Labute approximate surface area is 110 Å². The van der Waals surface area contributed by atoms with Crippen LogP contribution in [0, 0.1) is 0 Å². The van der Waals surface area contributed by atoms with E-state index >= 15 is 0 Å². The largest absolute Gasteiger partial charge is 0.476 e. The SMILES string of the molecule is CCOc1ncnc(NC(C)c2ccsc2)c1N. The first-order valence-corrected chi connectivity index (χ1v) is 6.68. The quantitative estimate of drug-likeness (QED) is 0.868. The number of ether oxygens (including phenoxy) is 1. The molecule has 1 unspecified atom stereocenters. The van der Waals surface area contributed by atoms with Gasteiger partial charge in [0.15, 0.2) is 5.82 Å². The van der Waals surface area contributed by atoms with Gasteiger partial charge in [-0.15, -0.1) is 0 Å². The van der Waals surface area contributed by atoms with Crippen LogP contribution in [0.3, 0.4) is 0 Å². The number of hydrogen-bond acceptors (Lipinski definition) is 6. The number of nitrogens with zero attached hydrogens (tertiary/aromatic N) is 2. The van der Waals surface area contributed by atoms with E-state index in [1.807, 2.05) is 12.3 Å². The molecule has 2 rings (SSSR count). The molecule has 2 aromatic heterocycles. The van der Waals surface area contributed by atoms with Crippen LogP contribution in [0.4, 0.5) is 11.5 Å². The highest BCUT2D eigenvalue weighted by molar-refractivity contribution is 7.07. The number of nitrogen functional groups attached to an aromatic ring is 1. The molecule has 0 bridgehead atoms. The average Bonchev–Trinajstić information content (AvgIpc) is 2.88. The summed E-state index contributed by atoms with van der Waals surface area (Å²) in [4.78, 5) is 8.15. The van der Waals surface area contributed by atoms with Gasteiger partial charge in [0, 0.05) is 0 Å². The van der Waals surface area contributed by atoms with Gasteiger partial charge in [-0.2, -0.15) is 16.3 Å². The number of rotatable bonds is 5. The molecule has 0 aromatic carbocycles. The van der Waals surface area contributed by atoms with Crippen molar-refractivity contribution in [2.24, 2.45) is 0 Å². The van der Waals surface area contributed by atoms with Gasteiger partial charge in [-0.1, -0.05) is 0 Å². The molecule has 0 saturated heterocycles. The number of anilines is 2. The first kappa shape index (κ1) is 12.6. The normalized spacial score (nSPS) is 12.1. The van der Waals surface area contributed by atoms with Gasteiger partial charge in [0.05, 0.1) is 12.6 Å². The second-order valence-electron chi connectivity index (χ2n) is 3.80. The minimum absolute atomic E-state index is 0.142. The number of thiophene rings is 1. The lowest BCUT2D eigenvalue weighted by atomic mass is 10.2. The highest BCUT2D eigenvalue weighted by Crippen LogP contribution is 2.28. The van der Waals surface area contributed by atoms with E-state index in [-0.39, 0.29) is 6.04 Å². The van der Waals surface area contributed by atoms with Crippen molar-refractivity contribution in [1.82, 2.24) is 9.97 Å². The van der Waals surface area contributed by atoms with Gasteiger partial charge < -0.3 is 15.8 Å². The summed E-state index contributed by atoms with van der Waals surface area (Å²) in [7, 11) is 0. The average molecular weight is 264 g/mol. The van der Waals surface area contributed by atoms with Crippen LogP contribution in [0.15, 0.2) is 23.2 Å². The predicted octanol–water partition coefficient (Wildman–Crippen LogP) is 2.69. The molecule has 0 spiro atoms. The van der Waals surface area contributed by atoms with Gasteiger partial charge >= 0.3 is 0 Å². The molecule has 0 aliphatic carbocycles. The van der Waals surface area contributed by atoms with Crippen molar-refractivity contribution in [2.75, 3.05) is 17.7 Å². The first-order chi connectivity index (χ1) is 8.72. The van der Waals surface area contributed by atoms with Crippen LogP contribution in [0.1, 0.15) is 25.5 Å². The molecule has 18 heavy (non-hydrogen) atoms. The highest BCUT2D eigenvalue weighted by Gasteiger charge is 2.12. The van der Waals surface area contributed by atoms with Crippen molar-refractivity contribution in [3.05, 3.63) is 28.7 Å². The van der Waals surface area contributed by atoms with Crippen LogP contribution in [-0.2, 0) is 0 Å². The van der Waals surface area contributed by atoms with E-state index < -0.39 is 0 Å². The Hall–Kier alpha value is -1.82. The minimum atomic E-state index is 0.142. The summed E-state index contributed by atoms with van der Waals surface area (Å²) >= 11 is 1.67. The van der Waals surface area contributed by atoms with Crippen LogP contribution in [0.2, 0.25) is 0 Å². The number of nitrogens with two attached hydrogens (primary N) is 1. The second kappa shape index (κ2) is 5.68. The summed E-state index contributed by atoms with van der Waals surface area (Å²) < 4.78 is 5.34. The molecule has 1 atom stereocenters. The zero-order chi connectivity index (χ0) is 13.0. The minimum Gasteiger partial charge on any atom is -0.476 e. The molecule has 2 aromatic rings. The smallest absolute Gasteiger partial charge is 0.242 e. The summed E-state index contributed by atoms with van der Waals surface area (Å²) in [5, 5.41) is 7.40. The lowest BCUT2D eigenvalue weighted by molar-refractivity contribution is 0.328. The van der Waals surface area contributed by atoms with Gasteiger partial charge in [0.1, 0.15) is 12.0 Å². The number of hydrogen-bond donors (Lipinski definition) is 2. The molecule has 0 aliphatic heterocycles. The summed E-state index contributed by atoms with van der Waals surface area (Å²) in [5.74, 6) is 1.03. The first-order valence-electron chi connectivity index (χ1n) is 5.74. The molecule has 2 heterocycles. The van der Waals surface area contributed by atoms with Crippen LogP contribution in [0.5, 0.6) is 5.88 Å². The molecule has 3 N–H and O–H groups in total. The number of aromatic nitrogens is 2. The van der Waals surface area contributed by atoms with Crippen molar-refractivity contribution in [1.29, 1.82) is 0 Å². The van der Waals surface area contributed by atoms with Crippen molar-refractivity contribution in [3.63, 3.8) is 0 Å². The van der Waals surface area contributed by atoms with Crippen molar-refractivity contribution in [3.8, 4) is 5.88 Å². The van der Waals surface area contributed by atoms with Gasteiger partial charge in [0.2, 0.25) is 5.88 Å². The molecule has 0 amide bonds. The fraction of sp³-hybridized carbons (Fsp3) is 0.333. The van der Waals surface area contributed by atoms with Gasteiger partial charge in [0.25, 0.3) is 0 Å². The molecule has 5 nitrogen and oxygen atoms in total. The maximum atomic E-state index is 5.96. The Morgan fingerprint density at radius 2 is 2.33 bits per heavy atom. The van der Waals surface area contributed by atoms with Gasteiger partial charge in [-0.05, 0) is 36.2 Å². The molecule has 0 aliphatic rings. The van der Waals surface area contributed by atoms with Crippen LogP contribution >= 0.6 is 11.3 Å². The van der Waals surface area contributed by atoms with Crippen molar-refractivity contribution < 1.29 is 4.74 Å². The predicted molar refractivity (Wildman–Crippen MR) is 74.0 cm³/mol. The van der Waals surface area contributed by atoms with E-state index in [1.165, 1.54) is 11.9 Å². The van der Waals surface area contributed by atoms with Crippen molar-refractivity contribution in [2.45, 2.75) is 19.9 Å². The third-order valence-corrected chi connectivity index (χ3v) is 3.23. The molecule has 6 heteroatoms. The molecule has 96 valence electrons. The van der Waals surface area contributed by atoms with E-state index in [2.05, 4.69) is 33.7 Å². The summed E-state index contributed by atoms with van der Waals surface area (Å²) in [6, 6.07) is 2.21. The van der Waals surface area contributed by atoms with Crippen LogP contribution in [0.25, 0.3) is 0 Å². The standard InChI is InChI=1S/C12H16N4OS/c1-3-17-12-10(13)11(14-7-15-12)16-8(2)9-4-5-18-6-9/h4-8H,3,13H2,1-2H3,(H,14,15,16). The topological polar surface area (TPSA) is 73.1 Å². The summed E-state index contributed by atoms with van der Waals surface area (Å²) in [5.41, 5.74) is 7.61. The zero-order valence-electron chi connectivity index (χ0n) is 10.4. The molecule has 0 fully saturated rings. The Morgan fingerprint density at radius 3 is 3.00 bits per heavy atom. The van der Waals surface area contributed by atoms with E-state index in [1.54, 1.807) is 11.3 Å². The Kier molecular flexibility index (Phi) is 3.99. The maximum Gasteiger partial charge on any atom is 0.242 e. The zero-order valence-corrected chi connectivity index (χ0v) is 11.2. The fourth-order valence-electron chi connectivity index (χ4n) is 1.56. The molecule has 0 saturated carbocycles. The fourth-order valence-corrected chi connectivity index (χ4v) is 2.31.